The van der Waals surface area contributed by atoms with Crippen LogP contribution in [0.3, 0.4) is 0 Å². The number of benzene rings is 6. The Morgan fingerprint density at radius 1 is 0.574 bits per heavy atom. The van der Waals surface area contributed by atoms with Crippen molar-refractivity contribution in [2.24, 2.45) is 9.98 Å². The second kappa shape index (κ2) is 12.5. The van der Waals surface area contributed by atoms with Gasteiger partial charge < -0.3 is 0 Å². The summed E-state index contributed by atoms with van der Waals surface area (Å²) in [6.45, 7) is 8.51. The number of rotatable bonds is 7. The first-order valence-electron chi connectivity index (χ1n) is 16.3. The van der Waals surface area contributed by atoms with Gasteiger partial charge in [-0.25, -0.2) is 18.8 Å². The van der Waals surface area contributed by atoms with Crippen LogP contribution in [0.4, 0.5) is 20.2 Å². The smallest absolute Gasteiger partial charge is 0.123 e. The van der Waals surface area contributed by atoms with Crippen LogP contribution in [0.15, 0.2) is 125 Å². The minimum Gasteiger partial charge on any atom is -0.246 e. The zero-order valence-corrected chi connectivity index (χ0v) is 27.1. The third-order valence-electron chi connectivity index (χ3n) is 9.24. The summed E-state index contributed by atoms with van der Waals surface area (Å²) >= 11 is 0. The van der Waals surface area contributed by atoms with Crippen LogP contribution in [0.1, 0.15) is 69.8 Å². The molecule has 0 fully saturated rings. The molecule has 1 aliphatic carbocycles. The van der Waals surface area contributed by atoms with Gasteiger partial charge in [0, 0.05) is 22.4 Å². The molecule has 0 heterocycles. The molecule has 1 aliphatic rings. The normalized spacial score (nSPS) is 14.2. The van der Waals surface area contributed by atoms with E-state index in [0.717, 1.165) is 85.4 Å². The van der Waals surface area contributed by atoms with Crippen molar-refractivity contribution in [3.63, 3.8) is 0 Å². The SMILES string of the molecule is CCc1cccc(CC)c1N=C1C(=Nc2c(C)cc(C)cc2C(c2ccc(F)cc2)c2ccc(F)cc2)c2cccc3cccc1c23. The molecule has 47 heavy (non-hydrogen) atoms. The van der Waals surface area contributed by atoms with Crippen LogP contribution < -0.4 is 0 Å². The van der Waals surface area contributed by atoms with E-state index in [0.29, 0.717) is 0 Å². The second-order valence-corrected chi connectivity index (χ2v) is 12.3. The first-order chi connectivity index (χ1) is 22.9. The maximum absolute atomic E-state index is 14.2. The molecule has 0 N–H and O–H groups in total. The second-order valence-electron chi connectivity index (χ2n) is 12.3. The summed E-state index contributed by atoms with van der Waals surface area (Å²) in [6.07, 6.45) is 1.75. The fourth-order valence-corrected chi connectivity index (χ4v) is 7.03. The summed E-state index contributed by atoms with van der Waals surface area (Å²) in [7, 11) is 0. The largest absolute Gasteiger partial charge is 0.246 e. The van der Waals surface area contributed by atoms with E-state index < -0.39 is 0 Å². The van der Waals surface area contributed by atoms with Crippen LogP contribution in [0, 0.1) is 25.5 Å². The van der Waals surface area contributed by atoms with Crippen molar-refractivity contribution in [1.82, 2.24) is 0 Å². The molecule has 7 rings (SSSR count). The molecule has 0 aliphatic heterocycles. The molecule has 0 radical (unpaired) electrons. The van der Waals surface area contributed by atoms with Crippen molar-refractivity contribution < 1.29 is 8.78 Å². The highest BCUT2D eigenvalue weighted by Gasteiger charge is 2.29. The van der Waals surface area contributed by atoms with Crippen LogP contribution in [-0.2, 0) is 12.8 Å². The number of aliphatic imine (C=N–C) groups is 2. The average Bonchev–Trinajstić information content (AvgIpc) is 3.37. The van der Waals surface area contributed by atoms with Crippen LogP contribution in [0.5, 0.6) is 0 Å². The van der Waals surface area contributed by atoms with E-state index in [4.69, 9.17) is 9.98 Å². The van der Waals surface area contributed by atoms with Gasteiger partial charge in [0.05, 0.1) is 22.8 Å². The van der Waals surface area contributed by atoms with Crippen LogP contribution in [0.2, 0.25) is 0 Å². The van der Waals surface area contributed by atoms with Crippen molar-refractivity contribution in [2.45, 2.75) is 46.5 Å². The molecule has 0 atom stereocenters. The van der Waals surface area contributed by atoms with Crippen molar-refractivity contribution >= 4 is 33.6 Å². The number of hydrogen-bond acceptors (Lipinski definition) is 2. The van der Waals surface area contributed by atoms with Crippen molar-refractivity contribution in [2.75, 3.05) is 0 Å². The lowest BCUT2D eigenvalue weighted by Crippen LogP contribution is -2.12. The molecule has 0 bridgehead atoms. The Kier molecular flexibility index (Phi) is 8.11. The van der Waals surface area contributed by atoms with Crippen molar-refractivity contribution in [3.8, 4) is 0 Å². The Hall–Kier alpha value is -5.22. The Morgan fingerprint density at radius 3 is 1.57 bits per heavy atom. The van der Waals surface area contributed by atoms with Crippen LogP contribution in [0.25, 0.3) is 10.8 Å². The van der Waals surface area contributed by atoms with E-state index in [1.807, 2.05) is 24.3 Å². The first kappa shape index (κ1) is 30.4. The van der Waals surface area contributed by atoms with Gasteiger partial charge in [-0.3, -0.25) is 0 Å². The van der Waals surface area contributed by atoms with E-state index >= 15 is 0 Å². The lowest BCUT2D eigenvalue weighted by molar-refractivity contribution is 0.626. The fourth-order valence-electron chi connectivity index (χ4n) is 7.03. The zero-order valence-electron chi connectivity index (χ0n) is 27.1. The predicted molar refractivity (Wildman–Crippen MR) is 191 cm³/mol. The van der Waals surface area contributed by atoms with Crippen molar-refractivity contribution in [3.05, 3.63) is 177 Å². The summed E-state index contributed by atoms with van der Waals surface area (Å²) in [6, 6.07) is 36.7. The highest BCUT2D eigenvalue weighted by Crippen LogP contribution is 2.42. The molecule has 0 saturated carbocycles. The third-order valence-corrected chi connectivity index (χ3v) is 9.24. The lowest BCUT2D eigenvalue weighted by atomic mass is 9.82. The molecule has 6 aromatic carbocycles. The van der Waals surface area contributed by atoms with Gasteiger partial charge in [-0.1, -0.05) is 110 Å². The summed E-state index contributed by atoms with van der Waals surface area (Å²) < 4.78 is 28.3. The number of nitrogens with zero attached hydrogens (tertiary/aromatic N) is 2. The van der Waals surface area contributed by atoms with E-state index in [9.17, 15) is 8.78 Å². The molecule has 0 aromatic heterocycles. The molecular formula is C43H36F2N2. The Labute approximate surface area is 275 Å². The van der Waals surface area contributed by atoms with Gasteiger partial charge in [0.25, 0.3) is 0 Å². The van der Waals surface area contributed by atoms with Gasteiger partial charge in [-0.05, 0) is 89.7 Å². The minimum atomic E-state index is -0.304. The van der Waals surface area contributed by atoms with Gasteiger partial charge in [-0.15, -0.1) is 0 Å². The van der Waals surface area contributed by atoms with E-state index in [1.54, 1.807) is 0 Å². The zero-order chi connectivity index (χ0) is 32.7. The quantitative estimate of drug-likeness (QED) is 0.159. The summed E-state index contributed by atoms with van der Waals surface area (Å²) in [5.74, 6) is -0.908. The topological polar surface area (TPSA) is 24.7 Å². The van der Waals surface area contributed by atoms with Gasteiger partial charge in [0.2, 0.25) is 0 Å². The lowest BCUT2D eigenvalue weighted by Gasteiger charge is -2.23. The molecule has 0 saturated heterocycles. The van der Waals surface area contributed by atoms with Crippen LogP contribution >= 0.6 is 0 Å². The Morgan fingerprint density at radius 2 is 1.06 bits per heavy atom. The number of para-hydroxylation sites is 1. The van der Waals surface area contributed by atoms with Crippen LogP contribution in [-0.4, -0.2) is 11.4 Å². The van der Waals surface area contributed by atoms with E-state index in [1.165, 1.54) is 35.4 Å². The molecule has 232 valence electrons. The monoisotopic (exact) mass is 618 g/mol. The molecule has 4 heteroatoms. The first-order valence-corrected chi connectivity index (χ1v) is 16.3. The molecule has 0 spiro atoms. The number of halogens is 2. The van der Waals surface area contributed by atoms with E-state index in [-0.39, 0.29) is 17.6 Å². The summed E-state index contributed by atoms with van der Waals surface area (Å²) in [4.78, 5) is 11.0. The third kappa shape index (κ3) is 5.59. The molecule has 2 nitrogen and oxygen atoms in total. The van der Waals surface area contributed by atoms with Gasteiger partial charge in [0.1, 0.15) is 11.6 Å². The predicted octanol–water partition coefficient (Wildman–Crippen LogP) is 11.3. The minimum absolute atomic E-state index is 0.302. The molecule has 0 unspecified atom stereocenters. The van der Waals surface area contributed by atoms with Gasteiger partial charge in [0.15, 0.2) is 0 Å². The summed E-state index contributed by atoms with van der Waals surface area (Å²) in [5, 5.41) is 2.30. The number of aryl methyl sites for hydroxylation is 4. The summed E-state index contributed by atoms with van der Waals surface area (Å²) in [5.41, 5.74) is 13.0. The standard InChI is InChI=1S/C43H36F2N2/c1-5-28-10-7-11-29(6-2)41(28)47-43-36-15-9-13-30-12-8-14-35(39(30)36)42(43)46-40-27(4)24-26(3)25-37(40)38(31-16-20-33(44)21-17-31)32-18-22-34(45)23-19-32/h7-25,38H,5-6H2,1-4H3. The molecule has 6 aromatic rings. The highest BCUT2D eigenvalue weighted by atomic mass is 19.1. The molecule has 0 amide bonds. The average molecular weight is 619 g/mol. The van der Waals surface area contributed by atoms with Crippen molar-refractivity contribution in [1.29, 1.82) is 0 Å². The highest BCUT2D eigenvalue weighted by molar-refractivity contribution is 6.61. The van der Waals surface area contributed by atoms with E-state index in [2.05, 4.69) is 94.4 Å². The van der Waals surface area contributed by atoms with Gasteiger partial charge in [-0.2, -0.15) is 0 Å². The van der Waals surface area contributed by atoms with Gasteiger partial charge >= 0.3 is 0 Å². The maximum atomic E-state index is 14.2. The Bertz CT molecular complexity index is 2120. The maximum Gasteiger partial charge on any atom is 0.123 e. The Balaban J connectivity index is 1.53. The number of hydrogen-bond donors (Lipinski definition) is 0. The fraction of sp³-hybridized carbons (Fsp3) is 0.163. The molecular weight excluding hydrogens is 582 g/mol.